The van der Waals surface area contributed by atoms with Gasteiger partial charge in [-0.1, -0.05) is 42.5 Å². The van der Waals surface area contributed by atoms with Crippen LogP contribution in [0.3, 0.4) is 0 Å². The summed E-state index contributed by atoms with van der Waals surface area (Å²) < 4.78 is 6.93. The minimum atomic E-state index is 0.598. The van der Waals surface area contributed by atoms with E-state index in [2.05, 4.69) is 58.2 Å². The Morgan fingerprint density at radius 1 is 1.20 bits per heavy atom. The molecule has 0 aliphatic heterocycles. The maximum absolute atomic E-state index is 5.29. The number of rotatable bonds is 7. The average molecular weight is 354 g/mol. The third-order valence-electron chi connectivity index (χ3n) is 3.91. The summed E-state index contributed by atoms with van der Waals surface area (Å²) in [6.07, 6.45) is 4.66. The molecule has 3 aromatic rings. The van der Waals surface area contributed by atoms with Gasteiger partial charge in [0.05, 0.1) is 18.4 Å². The highest BCUT2D eigenvalue weighted by molar-refractivity contribution is 7.80. The van der Waals surface area contributed by atoms with Crippen molar-refractivity contribution in [3.8, 4) is 0 Å². The van der Waals surface area contributed by atoms with E-state index in [0.717, 1.165) is 31.8 Å². The van der Waals surface area contributed by atoms with E-state index in [1.165, 1.54) is 16.3 Å². The first kappa shape index (κ1) is 17.4. The van der Waals surface area contributed by atoms with Gasteiger partial charge in [0.1, 0.15) is 0 Å². The van der Waals surface area contributed by atoms with Gasteiger partial charge >= 0.3 is 0 Å². The third kappa shape index (κ3) is 4.78. The molecule has 5 nitrogen and oxygen atoms in total. The van der Waals surface area contributed by atoms with E-state index in [-0.39, 0.29) is 0 Å². The predicted molar refractivity (Wildman–Crippen MR) is 106 cm³/mol. The molecule has 25 heavy (non-hydrogen) atoms. The first-order chi connectivity index (χ1) is 12.3. The quantitative estimate of drug-likeness (QED) is 0.503. The number of hydrogen-bond acceptors (Lipinski definition) is 3. The van der Waals surface area contributed by atoms with E-state index in [0.29, 0.717) is 5.11 Å². The van der Waals surface area contributed by atoms with E-state index in [9.17, 15) is 0 Å². The number of nitrogens with one attached hydrogen (secondary N) is 2. The standard InChI is InChI=1S/C19H22N4OS/c1-24-11-5-10-20-19(25)22-17-12-21-23(14-17)13-16-8-4-7-15-6-2-3-9-18(15)16/h2-4,6-9,12,14H,5,10-11,13H2,1H3,(H2,20,22,25). The van der Waals surface area contributed by atoms with Crippen LogP contribution in [0.25, 0.3) is 10.8 Å². The van der Waals surface area contributed by atoms with E-state index >= 15 is 0 Å². The van der Waals surface area contributed by atoms with Gasteiger partial charge in [-0.3, -0.25) is 4.68 Å². The lowest BCUT2D eigenvalue weighted by Crippen LogP contribution is -2.29. The van der Waals surface area contributed by atoms with Crippen molar-refractivity contribution in [2.24, 2.45) is 0 Å². The Bertz CT molecular complexity index is 841. The van der Waals surface area contributed by atoms with Crippen molar-refractivity contribution in [2.45, 2.75) is 13.0 Å². The zero-order valence-corrected chi connectivity index (χ0v) is 15.1. The van der Waals surface area contributed by atoms with Gasteiger partial charge in [-0.05, 0) is 35.0 Å². The van der Waals surface area contributed by atoms with Crippen LogP contribution in [0.5, 0.6) is 0 Å². The third-order valence-corrected chi connectivity index (χ3v) is 4.16. The highest BCUT2D eigenvalue weighted by Gasteiger charge is 2.04. The van der Waals surface area contributed by atoms with E-state index < -0.39 is 0 Å². The molecule has 0 radical (unpaired) electrons. The normalized spacial score (nSPS) is 10.8. The molecule has 0 bridgehead atoms. The number of aromatic nitrogens is 2. The molecule has 0 saturated carbocycles. The summed E-state index contributed by atoms with van der Waals surface area (Å²) >= 11 is 5.29. The zero-order valence-electron chi connectivity index (χ0n) is 14.2. The summed E-state index contributed by atoms with van der Waals surface area (Å²) in [6.45, 7) is 2.22. The van der Waals surface area contributed by atoms with Gasteiger partial charge in [-0.15, -0.1) is 0 Å². The fourth-order valence-corrected chi connectivity index (χ4v) is 2.93. The van der Waals surface area contributed by atoms with Crippen LogP contribution in [0.1, 0.15) is 12.0 Å². The maximum atomic E-state index is 5.29. The van der Waals surface area contributed by atoms with E-state index in [1.807, 2.05) is 10.9 Å². The van der Waals surface area contributed by atoms with Crippen LogP contribution >= 0.6 is 12.2 Å². The second-order valence-electron chi connectivity index (χ2n) is 5.79. The zero-order chi connectivity index (χ0) is 17.5. The van der Waals surface area contributed by atoms with Crippen LogP contribution in [0, 0.1) is 0 Å². The van der Waals surface area contributed by atoms with Gasteiger partial charge in [0.15, 0.2) is 5.11 Å². The molecule has 2 N–H and O–H groups in total. The monoisotopic (exact) mass is 354 g/mol. The van der Waals surface area contributed by atoms with Crippen LogP contribution in [-0.2, 0) is 11.3 Å². The number of anilines is 1. The fraction of sp³-hybridized carbons (Fsp3) is 0.263. The second kappa shape index (κ2) is 8.60. The molecule has 0 aliphatic rings. The summed E-state index contributed by atoms with van der Waals surface area (Å²) in [5.74, 6) is 0. The van der Waals surface area contributed by atoms with Gasteiger partial charge < -0.3 is 15.4 Å². The van der Waals surface area contributed by atoms with Gasteiger partial charge in [0.2, 0.25) is 0 Å². The van der Waals surface area contributed by atoms with E-state index in [1.54, 1.807) is 13.3 Å². The number of hydrogen-bond donors (Lipinski definition) is 2. The molecule has 1 heterocycles. The van der Waals surface area contributed by atoms with Crippen LogP contribution in [-0.4, -0.2) is 35.2 Å². The van der Waals surface area contributed by atoms with Crippen molar-refractivity contribution in [1.29, 1.82) is 0 Å². The number of methoxy groups -OCH3 is 1. The van der Waals surface area contributed by atoms with Crippen LogP contribution < -0.4 is 10.6 Å². The first-order valence-corrected chi connectivity index (χ1v) is 8.70. The lowest BCUT2D eigenvalue weighted by molar-refractivity contribution is 0.196. The lowest BCUT2D eigenvalue weighted by Gasteiger charge is -2.08. The molecule has 6 heteroatoms. The molecule has 3 rings (SSSR count). The van der Waals surface area contributed by atoms with Crippen LogP contribution in [0.4, 0.5) is 5.69 Å². The molecule has 0 fully saturated rings. The lowest BCUT2D eigenvalue weighted by atomic mass is 10.0. The summed E-state index contributed by atoms with van der Waals surface area (Å²) in [4.78, 5) is 0. The second-order valence-corrected chi connectivity index (χ2v) is 6.20. The molecule has 1 aromatic heterocycles. The molecule has 2 aromatic carbocycles. The smallest absolute Gasteiger partial charge is 0.170 e. The predicted octanol–water partition coefficient (Wildman–Crippen LogP) is 3.41. The minimum Gasteiger partial charge on any atom is -0.385 e. The Balaban J connectivity index is 1.61. The van der Waals surface area contributed by atoms with Crippen molar-refractivity contribution in [3.05, 3.63) is 60.4 Å². The molecular weight excluding hydrogens is 332 g/mol. The average Bonchev–Trinajstić information content (AvgIpc) is 3.06. The Morgan fingerprint density at radius 3 is 2.92 bits per heavy atom. The summed E-state index contributed by atoms with van der Waals surface area (Å²) in [5.41, 5.74) is 2.12. The molecule has 130 valence electrons. The first-order valence-electron chi connectivity index (χ1n) is 8.29. The van der Waals surface area contributed by atoms with Gasteiger partial charge in [0.25, 0.3) is 0 Å². The summed E-state index contributed by atoms with van der Waals surface area (Å²) in [6, 6.07) is 14.7. The molecule has 0 saturated heterocycles. The number of nitrogens with zero attached hydrogens (tertiary/aromatic N) is 2. The Morgan fingerprint density at radius 2 is 2.04 bits per heavy atom. The van der Waals surface area contributed by atoms with Crippen molar-refractivity contribution >= 4 is 33.8 Å². The molecule has 0 spiro atoms. The largest absolute Gasteiger partial charge is 0.385 e. The molecule has 0 amide bonds. The van der Waals surface area contributed by atoms with Crippen molar-refractivity contribution < 1.29 is 4.74 Å². The molecule has 0 aliphatic carbocycles. The van der Waals surface area contributed by atoms with Crippen molar-refractivity contribution in [2.75, 3.05) is 25.6 Å². The SMILES string of the molecule is COCCCNC(=S)Nc1cnn(Cc2cccc3ccccc23)c1. The molecule has 0 atom stereocenters. The number of ether oxygens (including phenoxy) is 1. The number of thiocarbonyl (C=S) groups is 1. The topological polar surface area (TPSA) is 51.1 Å². The van der Waals surface area contributed by atoms with Crippen molar-refractivity contribution in [3.63, 3.8) is 0 Å². The summed E-state index contributed by atoms with van der Waals surface area (Å²) in [5, 5.41) is 13.8. The van der Waals surface area contributed by atoms with E-state index in [4.69, 9.17) is 17.0 Å². The van der Waals surface area contributed by atoms with Crippen LogP contribution in [0.2, 0.25) is 0 Å². The van der Waals surface area contributed by atoms with Crippen molar-refractivity contribution in [1.82, 2.24) is 15.1 Å². The Labute approximate surface area is 153 Å². The maximum Gasteiger partial charge on any atom is 0.170 e. The minimum absolute atomic E-state index is 0.598. The highest BCUT2D eigenvalue weighted by Crippen LogP contribution is 2.19. The Kier molecular flexibility index (Phi) is 5.98. The fourth-order valence-electron chi connectivity index (χ4n) is 2.71. The molecule has 0 unspecified atom stereocenters. The van der Waals surface area contributed by atoms with Gasteiger partial charge in [0, 0.05) is 26.5 Å². The highest BCUT2D eigenvalue weighted by atomic mass is 32.1. The Hall–Kier alpha value is -2.44. The van der Waals surface area contributed by atoms with Gasteiger partial charge in [-0.25, -0.2) is 0 Å². The number of benzene rings is 2. The summed E-state index contributed by atoms with van der Waals surface area (Å²) in [7, 11) is 1.70. The van der Waals surface area contributed by atoms with Gasteiger partial charge in [-0.2, -0.15) is 5.10 Å². The van der Waals surface area contributed by atoms with Crippen LogP contribution in [0.15, 0.2) is 54.9 Å². The molecular formula is C19H22N4OS. The number of fused-ring (bicyclic) bond motifs is 1.